The van der Waals surface area contributed by atoms with Crippen LogP contribution in [0.25, 0.3) is 0 Å². The number of carbonyl (C=O) groups excluding carboxylic acids is 1. The monoisotopic (exact) mass is 350 g/mol. The number of rotatable bonds is 3. The lowest BCUT2D eigenvalue weighted by atomic mass is 10.0. The van der Waals surface area contributed by atoms with Gasteiger partial charge in [-0.15, -0.1) is 0 Å². The second-order valence-corrected chi connectivity index (χ2v) is 5.89. The molecule has 1 unspecified atom stereocenters. The van der Waals surface area contributed by atoms with E-state index in [0.29, 0.717) is 18.7 Å². The summed E-state index contributed by atoms with van der Waals surface area (Å²) in [6.45, 7) is 0.309. The molecule has 126 valence electrons. The maximum atomic E-state index is 13.9. The van der Waals surface area contributed by atoms with Gasteiger partial charge in [0.2, 0.25) is 5.91 Å². The van der Waals surface area contributed by atoms with Gasteiger partial charge in [-0.05, 0) is 18.6 Å². The number of hydrogen-bond acceptors (Lipinski definition) is 4. The van der Waals surface area contributed by atoms with Crippen LogP contribution >= 0.6 is 11.6 Å². The summed E-state index contributed by atoms with van der Waals surface area (Å²) in [7, 11) is 1.64. The van der Waals surface area contributed by atoms with E-state index in [2.05, 4.69) is 10.4 Å². The fourth-order valence-electron chi connectivity index (χ4n) is 2.83. The summed E-state index contributed by atoms with van der Waals surface area (Å²) in [5.74, 6) is -0.695. The molecule has 1 aliphatic heterocycles. The predicted octanol–water partition coefficient (Wildman–Crippen LogP) is 2.45. The second kappa shape index (κ2) is 6.60. The molecule has 2 heterocycles. The Morgan fingerprint density at radius 2 is 2.08 bits per heavy atom. The molecule has 0 radical (unpaired) electrons. The molecular weight excluding hydrogens is 335 g/mol. The first-order valence-electron chi connectivity index (χ1n) is 7.53. The molecule has 0 spiro atoms. The molecule has 3 rings (SSSR count). The van der Waals surface area contributed by atoms with Crippen molar-refractivity contribution in [2.75, 3.05) is 23.8 Å². The van der Waals surface area contributed by atoms with E-state index >= 15 is 0 Å². The van der Waals surface area contributed by atoms with E-state index in [1.807, 2.05) is 0 Å². The Bertz CT molecular complexity index is 839. The number of carbonyl (C=O) groups is 1. The first-order valence-corrected chi connectivity index (χ1v) is 7.90. The van der Waals surface area contributed by atoms with Crippen molar-refractivity contribution in [2.24, 2.45) is 0 Å². The van der Waals surface area contributed by atoms with E-state index in [1.165, 1.54) is 21.8 Å². The number of anilines is 2. The molecule has 1 aromatic heterocycles. The SMILES string of the molecule is CNc1cnn(C2CCN(c3ccccc3F)C(=O)C2)c(=O)c1Cl. The topological polar surface area (TPSA) is 67.2 Å². The number of halogens is 2. The van der Waals surface area contributed by atoms with Gasteiger partial charge in [-0.25, -0.2) is 9.07 Å². The van der Waals surface area contributed by atoms with Crippen LogP contribution in [-0.4, -0.2) is 29.3 Å². The van der Waals surface area contributed by atoms with Crippen LogP contribution in [0.2, 0.25) is 5.02 Å². The summed E-state index contributed by atoms with van der Waals surface area (Å²) in [4.78, 5) is 26.1. The fourth-order valence-corrected chi connectivity index (χ4v) is 3.06. The second-order valence-electron chi connectivity index (χ2n) is 5.52. The van der Waals surface area contributed by atoms with Crippen molar-refractivity contribution in [1.29, 1.82) is 0 Å². The average Bonchev–Trinajstić information content (AvgIpc) is 2.58. The van der Waals surface area contributed by atoms with Gasteiger partial charge in [-0.3, -0.25) is 9.59 Å². The quantitative estimate of drug-likeness (QED) is 0.923. The summed E-state index contributed by atoms with van der Waals surface area (Å²) in [6, 6.07) is 5.75. The Kier molecular flexibility index (Phi) is 4.53. The highest BCUT2D eigenvalue weighted by molar-refractivity contribution is 6.32. The van der Waals surface area contributed by atoms with Gasteiger partial charge < -0.3 is 10.2 Å². The Labute approximate surface area is 142 Å². The summed E-state index contributed by atoms with van der Waals surface area (Å²) in [5.41, 5.74) is 0.249. The largest absolute Gasteiger partial charge is 0.385 e. The molecule has 1 aromatic carbocycles. The maximum Gasteiger partial charge on any atom is 0.287 e. The molecule has 1 atom stereocenters. The Morgan fingerprint density at radius 1 is 1.33 bits per heavy atom. The fraction of sp³-hybridized carbons (Fsp3) is 0.312. The third kappa shape index (κ3) is 2.87. The minimum Gasteiger partial charge on any atom is -0.385 e. The van der Waals surface area contributed by atoms with Gasteiger partial charge in [0.05, 0.1) is 23.6 Å². The molecule has 0 saturated carbocycles. The summed E-state index contributed by atoms with van der Waals surface area (Å²) in [6.07, 6.45) is 2.01. The Morgan fingerprint density at radius 3 is 2.75 bits per heavy atom. The minimum atomic E-state index is -0.444. The third-order valence-corrected chi connectivity index (χ3v) is 4.46. The zero-order valence-corrected chi connectivity index (χ0v) is 13.8. The van der Waals surface area contributed by atoms with Crippen molar-refractivity contribution in [3.05, 3.63) is 51.7 Å². The van der Waals surface area contributed by atoms with E-state index in [4.69, 9.17) is 11.6 Å². The van der Waals surface area contributed by atoms with Gasteiger partial charge in [0.1, 0.15) is 10.8 Å². The molecule has 0 aliphatic carbocycles. The molecule has 24 heavy (non-hydrogen) atoms. The van der Waals surface area contributed by atoms with Crippen LogP contribution in [0.1, 0.15) is 18.9 Å². The summed E-state index contributed by atoms with van der Waals surface area (Å²) < 4.78 is 15.1. The number of aromatic nitrogens is 2. The molecule has 0 bridgehead atoms. The summed E-state index contributed by atoms with van der Waals surface area (Å²) in [5, 5.41) is 6.92. The Hall–Kier alpha value is -2.41. The molecule has 8 heteroatoms. The molecule has 1 amide bonds. The number of benzene rings is 1. The molecule has 1 saturated heterocycles. The first-order chi connectivity index (χ1) is 11.5. The minimum absolute atomic E-state index is 0.0384. The highest BCUT2D eigenvalue weighted by Crippen LogP contribution is 2.28. The predicted molar refractivity (Wildman–Crippen MR) is 90.1 cm³/mol. The standard InChI is InChI=1S/C16H16ClFN4O2/c1-19-12-9-20-22(16(24)15(12)17)10-6-7-21(14(23)8-10)13-5-3-2-4-11(13)18/h2-5,9-10,19H,6-8H2,1H3. The van der Waals surface area contributed by atoms with Crippen LogP contribution in [0, 0.1) is 5.82 Å². The molecule has 1 fully saturated rings. The van der Waals surface area contributed by atoms with Gasteiger partial charge in [0, 0.05) is 20.0 Å². The average molecular weight is 351 g/mol. The zero-order chi connectivity index (χ0) is 17.3. The normalized spacial score (nSPS) is 17.9. The van der Waals surface area contributed by atoms with Crippen LogP contribution in [0.4, 0.5) is 15.8 Å². The van der Waals surface area contributed by atoms with Gasteiger partial charge in [-0.1, -0.05) is 23.7 Å². The van der Waals surface area contributed by atoms with Crippen LogP contribution in [0.15, 0.2) is 35.3 Å². The highest BCUT2D eigenvalue weighted by Gasteiger charge is 2.30. The van der Waals surface area contributed by atoms with Gasteiger partial charge in [0.15, 0.2) is 0 Å². The lowest BCUT2D eigenvalue weighted by Crippen LogP contribution is -2.42. The van der Waals surface area contributed by atoms with Crippen molar-refractivity contribution in [3.8, 4) is 0 Å². The molecule has 6 nitrogen and oxygen atoms in total. The zero-order valence-electron chi connectivity index (χ0n) is 13.0. The van der Waals surface area contributed by atoms with Crippen molar-refractivity contribution in [2.45, 2.75) is 18.9 Å². The van der Waals surface area contributed by atoms with Crippen LogP contribution < -0.4 is 15.8 Å². The number of hydrogen-bond donors (Lipinski definition) is 1. The van der Waals surface area contributed by atoms with Crippen LogP contribution in [0.5, 0.6) is 0 Å². The number of para-hydroxylation sites is 1. The summed E-state index contributed by atoms with van der Waals surface area (Å²) >= 11 is 6.02. The van der Waals surface area contributed by atoms with E-state index in [0.717, 1.165) is 0 Å². The van der Waals surface area contributed by atoms with Gasteiger partial charge in [0.25, 0.3) is 5.56 Å². The van der Waals surface area contributed by atoms with E-state index in [-0.39, 0.29) is 23.0 Å². The third-order valence-electron chi connectivity index (χ3n) is 4.10. The lowest BCUT2D eigenvalue weighted by Gasteiger charge is -2.32. The van der Waals surface area contributed by atoms with Crippen molar-refractivity contribution >= 4 is 28.9 Å². The number of amides is 1. The number of piperidine rings is 1. The van der Waals surface area contributed by atoms with Crippen molar-refractivity contribution in [3.63, 3.8) is 0 Å². The van der Waals surface area contributed by atoms with Gasteiger partial charge >= 0.3 is 0 Å². The van der Waals surface area contributed by atoms with E-state index < -0.39 is 17.4 Å². The van der Waals surface area contributed by atoms with E-state index in [9.17, 15) is 14.0 Å². The first kappa shape index (κ1) is 16.4. The number of nitrogens with zero attached hydrogens (tertiary/aromatic N) is 3. The smallest absolute Gasteiger partial charge is 0.287 e. The number of nitrogens with one attached hydrogen (secondary N) is 1. The van der Waals surface area contributed by atoms with Crippen molar-refractivity contribution in [1.82, 2.24) is 9.78 Å². The van der Waals surface area contributed by atoms with Gasteiger partial charge in [-0.2, -0.15) is 5.10 Å². The molecule has 1 aliphatic rings. The molecule has 1 N–H and O–H groups in total. The highest BCUT2D eigenvalue weighted by atomic mass is 35.5. The molecular formula is C16H16ClFN4O2. The Balaban J connectivity index is 1.84. The molecule has 2 aromatic rings. The van der Waals surface area contributed by atoms with E-state index in [1.54, 1.807) is 25.2 Å². The maximum absolute atomic E-state index is 13.9. The van der Waals surface area contributed by atoms with Crippen molar-refractivity contribution < 1.29 is 9.18 Å². The lowest BCUT2D eigenvalue weighted by molar-refractivity contribution is -0.120. The van der Waals surface area contributed by atoms with Crippen LogP contribution in [0.3, 0.4) is 0 Å². The van der Waals surface area contributed by atoms with Crippen LogP contribution in [-0.2, 0) is 4.79 Å².